The third kappa shape index (κ3) is 4.22. The number of benzene rings is 1. The van der Waals surface area contributed by atoms with E-state index >= 15 is 0 Å². The smallest absolute Gasteiger partial charge is 0.269 e. The lowest BCUT2D eigenvalue weighted by Crippen LogP contribution is -2.38. The molecular formula is C22H26N4O2. The van der Waals surface area contributed by atoms with Gasteiger partial charge in [0.2, 0.25) is 5.89 Å². The Morgan fingerprint density at radius 2 is 1.93 bits per heavy atom. The molecule has 3 heterocycles. The molecule has 6 heteroatoms. The van der Waals surface area contributed by atoms with Gasteiger partial charge in [-0.25, -0.2) is 9.97 Å². The molecule has 0 aliphatic carbocycles. The van der Waals surface area contributed by atoms with Crippen LogP contribution in [0.5, 0.6) is 0 Å². The molecule has 3 aromatic rings. The Balaban J connectivity index is 1.26. The maximum atomic E-state index is 12.5. The van der Waals surface area contributed by atoms with Crippen LogP contribution < -0.4 is 5.32 Å². The number of likely N-dealkylation sites (tertiary alicyclic amines) is 1. The van der Waals surface area contributed by atoms with Gasteiger partial charge in [-0.2, -0.15) is 0 Å². The zero-order valence-electron chi connectivity index (χ0n) is 16.4. The van der Waals surface area contributed by atoms with Gasteiger partial charge in [-0.1, -0.05) is 24.3 Å². The highest BCUT2D eigenvalue weighted by Crippen LogP contribution is 2.19. The summed E-state index contributed by atoms with van der Waals surface area (Å²) in [4.78, 5) is 23.8. The van der Waals surface area contributed by atoms with Crippen molar-refractivity contribution in [3.05, 3.63) is 59.4 Å². The van der Waals surface area contributed by atoms with Crippen LogP contribution in [0.25, 0.3) is 10.9 Å². The van der Waals surface area contributed by atoms with Crippen molar-refractivity contribution >= 4 is 16.8 Å². The van der Waals surface area contributed by atoms with E-state index in [0.29, 0.717) is 18.2 Å². The standard InChI is InChI=1S/C22H26N4O2/c1-15-16(2)28-21(24-15)14-26-11-9-17(10-12-26)13-23-22(27)20-8-7-18-5-3-4-6-19(18)25-20/h3-8,17H,9-14H2,1-2H3,(H,23,27). The minimum Gasteiger partial charge on any atom is -0.444 e. The number of oxazole rings is 1. The number of hydrogen-bond donors (Lipinski definition) is 1. The Labute approximate surface area is 165 Å². The van der Waals surface area contributed by atoms with E-state index in [9.17, 15) is 4.79 Å². The highest BCUT2D eigenvalue weighted by molar-refractivity contribution is 5.94. The van der Waals surface area contributed by atoms with Crippen molar-refractivity contribution in [3.8, 4) is 0 Å². The maximum absolute atomic E-state index is 12.5. The minimum absolute atomic E-state index is 0.0982. The van der Waals surface area contributed by atoms with Crippen LogP contribution in [-0.4, -0.2) is 40.4 Å². The molecule has 1 aromatic carbocycles. The average molecular weight is 378 g/mol. The third-order valence-electron chi connectivity index (χ3n) is 5.52. The van der Waals surface area contributed by atoms with E-state index in [1.54, 1.807) is 6.07 Å². The summed E-state index contributed by atoms with van der Waals surface area (Å²) in [5.74, 6) is 2.09. The molecule has 1 amide bonds. The van der Waals surface area contributed by atoms with Crippen molar-refractivity contribution < 1.29 is 9.21 Å². The van der Waals surface area contributed by atoms with E-state index in [2.05, 4.69) is 20.2 Å². The molecule has 0 radical (unpaired) electrons. The van der Waals surface area contributed by atoms with Crippen molar-refractivity contribution in [1.82, 2.24) is 20.2 Å². The molecule has 1 fully saturated rings. The first-order chi connectivity index (χ1) is 13.6. The van der Waals surface area contributed by atoms with E-state index in [4.69, 9.17) is 4.42 Å². The molecule has 0 saturated carbocycles. The van der Waals surface area contributed by atoms with Crippen LogP contribution in [0.15, 0.2) is 40.8 Å². The first kappa shape index (κ1) is 18.6. The Kier molecular flexibility index (Phi) is 5.39. The molecule has 0 unspecified atom stereocenters. The summed E-state index contributed by atoms with van der Waals surface area (Å²) in [6.07, 6.45) is 2.12. The van der Waals surface area contributed by atoms with Gasteiger partial charge in [0.15, 0.2) is 0 Å². The molecule has 6 nitrogen and oxygen atoms in total. The highest BCUT2D eigenvalue weighted by Gasteiger charge is 2.21. The monoisotopic (exact) mass is 378 g/mol. The van der Waals surface area contributed by atoms with Crippen molar-refractivity contribution in [3.63, 3.8) is 0 Å². The molecular weight excluding hydrogens is 352 g/mol. The summed E-state index contributed by atoms with van der Waals surface area (Å²) in [6.45, 7) is 7.37. The lowest BCUT2D eigenvalue weighted by Gasteiger charge is -2.31. The molecule has 1 N–H and O–H groups in total. The van der Waals surface area contributed by atoms with Gasteiger partial charge in [-0.05, 0) is 57.8 Å². The number of para-hydroxylation sites is 1. The van der Waals surface area contributed by atoms with Crippen LogP contribution >= 0.6 is 0 Å². The fourth-order valence-corrected chi connectivity index (χ4v) is 3.67. The molecule has 1 aliphatic rings. The van der Waals surface area contributed by atoms with E-state index in [1.807, 2.05) is 44.2 Å². The van der Waals surface area contributed by atoms with Gasteiger partial charge in [0, 0.05) is 11.9 Å². The van der Waals surface area contributed by atoms with Crippen molar-refractivity contribution in [2.24, 2.45) is 5.92 Å². The first-order valence-electron chi connectivity index (χ1n) is 9.88. The summed E-state index contributed by atoms with van der Waals surface area (Å²) in [5.41, 5.74) is 2.29. The van der Waals surface area contributed by atoms with Gasteiger partial charge < -0.3 is 9.73 Å². The SMILES string of the molecule is Cc1nc(CN2CCC(CNC(=O)c3ccc4ccccc4n3)CC2)oc1C. The molecule has 4 rings (SSSR count). The topological polar surface area (TPSA) is 71.3 Å². The fourth-order valence-electron chi connectivity index (χ4n) is 3.67. The Bertz CT molecular complexity index is 954. The summed E-state index contributed by atoms with van der Waals surface area (Å²) >= 11 is 0. The number of piperidine rings is 1. The quantitative estimate of drug-likeness (QED) is 0.736. The number of aryl methyl sites for hydroxylation is 2. The molecule has 0 atom stereocenters. The maximum Gasteiger partial charge on any atom is 0.269 e. The van der Waals surface area contributed by atoms with Crippen molar-refractivity contribution in [1.29, 1.82) is 0 Å². The number of carbonyl (C=O) groups is 1. The van der Waals surface area contributed by atoms with Gasteiger partial charge in [0.05, 0.1) is 17.8 Å². The number of pyridine rings is 1. The van der Waals surface area contributed by atoms with E-state index in [1.165, 1.54) is 0 Å². The fraction of sp³-hybridized carbons (Fsp3) is 0.409. The van der Waals surface area contributed by atoms with Crippen LogP contribution in [0, 0.1) is 19.8 Å². The summed E-state index contributed by atoms with van der Waals surface area (Å²) in [7, 11) is 0. The molecule has 0 spiro atoms. The summed E-state index contributed by atoms with van der Waals surface area (Å²) in [6, 6.07) is 11.6. The third-order valence-corrected chi connectivity index (χ3v) is 5.52. The number of rotatable bonds is 5. The average Bonchev–Trinajstić information content (AvgIpc) is 3.03. The van der Waals surface area contributed by atoms with E-state index in [0.717, 1.165) is 60.7 Å². The Morgan fingerprint density at radius 3 is 2.68 bits per heavy atom. The Hall–Kier alpha value is -2.73. The second kappa shape index (κ2) is 8.10. The van der Waals surface area contributed by atoms with Crippen LogP contribution in [-0.2, 0) is 6.54 Å². The number of nitrogens with one attached hydrogen (secondary N) is 1. The highest BCUT2D eigenvalue weighted by atomic mass is 16.4. The lowest BCUT2D eigenvalue weighted by atomic mass is 9.97. The van der Waals surface area contributed by atoms with Crippen LogP contribution in [0.4, 0.5) is 0 Å². The molecule has 28 heavy (non-hydrogen) atoms. The van der Waals surface area contributed by atoms with Crippen LogP contribution in [0.3, 0.4) is 0 Å². The van der Waals surface area contributed by atoms with Gasteiger partial charge in [-0.15, -0.1) is 0 Å². The Morgan fingerprint density at radius 1 is 1.14 bits per heavy atom. The number of hydrogen-bond acceptors (Lipinski definition) is 5. The van der Waals surface area contributed by atoms with Gasteiger partial charge >= 0.3 is 0 Å². The molecule has 0 bridgehead atoms. The predicted octanol–water partition coefficient (Wildman–Crippen LogP) is 3.48. The number of fused-ring (bicyclic) bond motifs is 1. The number of amides is 1. The molecule has 1 aliphatic heterocycles. The molecule has 146 valence electrons. The predicted molar refractivity (Wildman–Crippen MR) is 108 cm³/mol. The summed E-state index contributed by atoms with van der Waals surface area (Å²) in [5, 5.41) is 4.10. The zero-order valence-corrected chi connectivity index (χ0v) is 16.4. The second-order valence-corrected chi connectivity index (χ2v) is 7.57. The number of carbonyl (C=O) groups excluding carboxylic acids is 1. The van der Waals surface area contributed by atoms with Crippen LogP contribution in [0.1, 0.15) is 40.7 Å². The molecule has 1 saturated heterocycles. The first-order valence-corrected chi connectivity index (χ1v) is 9.88. The number of nitrogens with zero attached hydrogens (tertiary/aromatic N) is 3. The molecule has 2 aromatic heterocycles. The summed E-state index contributed by atoms with van der Waals surface area (Å²) < 4.78 is 5.69. The van der Waals surface area contributed by atoms with Gasteiger partial charge in [0.25, 0.3) is 5.91 Å². The minimum atomic E-state index is -0.0982. The largest absolute Gasteiger partial charge is 0.444 e. The normalized spacial score (nSPS) is 15.8. The zero-order chi connectivity index (χ0) is 19.5. The number of aromatic nitrogens is 2. The van der Waals surface area contributed by atoms with E-state index < -0.39 is 0 Å². The van der Waals surface area contributed by atoms with Gasteiger partial charge in [-0.3, -0.25) is 9.69 Å². The van der Waals surface area contributed by atoms with E-state index in [-0.39, 0.29) is 5.91 Å². The van der Waals surface area contributed by atoms with Crippen molar-refractivity contribution in [2.45, 2.75) is 33.2 Å². The lowest BCUT2D eigenvalue weighted by molar-refractivity contribution is 0.0929. The van der Waals surface area contributed by atoms with Crippen molar-refractivity contribution in [2.75, 3.05) is 19.6 Å². The van der Waals surface area contributed by atoms with Gasteiger partial charge in [0.1, 0.15) is 11.5 Å². The second-order valence-electron chi connectivity index (χ2n) is 7.57. The van der Waals surface area contributed by atoms with Crippen LogP contribution in [0.2, 0.25) is 0 Å².